The average Bonchev–Trinajstić information content (AvgIpc) is 2.62. The first kappa shape index (κ1) is 25.2. The third-order valence-corrected chi connectivity index (χ3v) is 5.16. The molecule has 1 aromatic rings. The first-order valence-corrected chi connectivity index (χ1v) is 11.0. The van der Waals surface area contributed by atoms with Crippen LogP contribution in [0.1, 0.15) is 115 Å². The van der Waals surface area contributed by atoms with Crippen LogP contribution in [0.2, 0.25) is 0 Å². The van der Waals surface area contributed by atoms with E-state index in [-0.39, 0.29) is 29.6 Å². The molecule has 0 atom stereocenters. The van der Waals surface area contributed by atoms with Gasteiger partial charge in [-0.05, 0) is 18.4 Å². The van der Waals surface area contributed by atoms with E-state index in [4.69, 9.17) is 0 Å². The van der Waals surface area contributed by atoms with Crippen molar-refractivity contribution in [2.75, 3.05) is 0 Å². The fraction of sp³-hybridized carbons (Fsp3) is 0.750. The monoisotopic (exact) mass is 353 g/mol. The number of benzene rings is 1. The molecule has 0 saturated carbocycles. The van der Waals surface area contributed by atoms with Gasteiger partial charge in [0.15, 0.2) is 0 Å². The van der Waals surface area contributed by atoms with Gasteiger partial charge in [-0.25, -0.2) is 0 Å². The summed E-state index contributed by atoms with van der Waals surface area (Å²) in [6.45, 7) is 2.30. The predicted molar refractivity (Wildman–Crippen MR) is 115 cm³/mol. The normalized spacial score (nSPS) is 10.6. The van der Waals surface area contributed by atoms with Crippen molar-refractivity contribution >= 4 is 29.6 Å². The second kappa shape index (κ2) is 20.5. The molecule has 0 aromatic heterocycles. The van der Waals surface area contributed by atoms with E-state index in [1.165, 1.54) is 115 Å². The van der Waals surface area contributed by atoms with Crippen molar-refractivity contribution in [2.24, 2.45) is 0 Å². The Hall–Kier alpha value is 0.220. The molecule has 1 aromatic carbocycles. The molecule has 0 spiro atoms. The number of hydrogen-bond acceptors (Lipinski definition) is 0. The van der Waals surface area contributed by atoms with Crippen molar-refractivity contribution in [3.8, 4) is 0 Å². The average molecular weight is 354 g/mol. The van der Waals surface area contributed by atoms with E-state index in [2.05, 4.69) is 37.3 Å². The molecule has 139 valence electrons. The number of aryl methyl sites for hydroxylation is 1. The van der Waals surface area contributed by atoms with Gasteiger partial charge in [0.05, 0.1) is 0 Å². The van der Waals surface area contributed by atoms with Crippen LogP contribution in [-0.4, -0.2) is 29.6 Å². The maximum absolute atomic E-state index is 2.30. The SMILES string of the molecule is CCCCCCCCCCCCCCCCCCc1ccccc1.[Na]. The summed E-state index contributed by atoms with van der Waals surface area (Å²) < 4.78 is 0. The van der Waals surface area contributed by atoms with Gasteiger partial charge < -0.3 is 0 Å². The van der Waals surface area contributed by atoms with Crippen LogP contribution in [0.15, 0.2) is 30.3 Å². The number of unbranched alkanes of at least 4 members (excludes halogenated alkanes) is 15. The maximum Gasteiger partial charge on any atom is 0 e. The summed E-state index contributed by atoms with van der Waals surface area (Å²) in [6, 6.07) is 10.9. The molecule has 0 heterocycles. The van der Waals surface area contributed by atoms with E-state index in [9.17, 15) is 0 Å². The molecule has 0 N–H and O–H groups in total. The van der Waals surface area contributed by atoms with Gasteiger partial charge in [-0.15, -0.1) is 0 Å². The maximum atomic E-state index is 2.30. The molecular formula is C24H42Na. The molecule has 0 nitrogen and oxygen atoms in total. The minimum atomic E-state index is 0. The second-order valence-electron chi connectivity index (χ2n) is 7.54. The number of hydrogen-bond donors (Lipinski definition) is 0. The Labute approximate surface area is 180 Å². The smallest absolute Gasteiger partial charge is 0 e. The molecule has 0 aliphatic carbocycles. The van der Waals surface area contributed by atoms with E-state index < -0.39 is 0 Å². The molecular weight excluding hydrogens is 311 g/mol. The van der Waals surface area contributed by atoms with Gasteiger partial charge in [0.2, 0.25) is 0 Å². The zero-order valence-electron chi connectivity index (χ0n) is 17.4. The zero-order valence-corrected chi connectivity index (χ0v) is 19.4. The Balaban J connectivity index is 0.00000576. The Kier molecular flexibility index (Phi) is 20.7. The Bertz CT molecular complexity index is 346. The largest absolute Gasteiger partial charge is 0.0654 e. The van der Waals surface area contributed by atoms with Gasteiger partial charge >= 0.3 is 0 Å². The van der Waals surface area contributed by atoms with Crippen molar-refractivity contribution in [1.29, 1.82) is 0 Å². The molecule has 0 unspecified atom stereocenters. The summed E-state index contributed by atoms with van der Waals surface area (Å²) in [7, 11) is 0. The molecule has 1 radical (unpaired) electrons. The number of rotatable bonds is 17. The summed E-state index contributed by atoms with van der Waals surface area (Å²) in [5.41, 5.74) is 1.50. The van der Waals surface area contributed by atoms with Gasteiger partial charge in [-0.3, -0.25) is 0 Å². The Morgan fingerprint density at radius 1 is 0.480 bits per heavy atom. The van der Waals surface area contributed by atoms with Gasteiger partial charge in [0.1, 0.15) is 0 Å². The molecule has 0 aliphatic heterocycles. The van der Waals surface area contributed by atoms with Crippen molar-refractivity contribution in [1.82, 2.24) is 0 Å². The van der Waals surface area contributed by atoms with Crippen LogP contribution in [0.25, 0.3) is 0 Å². The molecule has 0 fully saturated rings. The quantitative estimate of drug-likeness (QED) is 0.196. The minimum absolute atomic E-state index is 0. The van der Waals surface area contributed by atoms with Gasteiger partial charge in [0.25, 0.3) is 0 Å². The van der Waals surface area contributed by atoms with E-state index >= 15 is 0 Å². The summed E-state index contributed by atoms with van der Waals surface area (Å²) >= 11 is 0. The molecule has 0 bridgehead atoms. The third-order valence-electron chi connectivity index (χ3n) is 5.16. The van der Waals surface area contributed by atoms with Gasteiger partial charge in [0, 0.05) is 29.6 Å². The molecule has 1 rings (SSSR count). The molecule has 0 aliphatic rings. The topological polar surface area (TPSA) is 0 Å². The molecule has 0 amide bonds. The van der Waals surface area contributed by atoms with Crippen LogP contribution in [0.3, 0.4) is 0 Å². The fourth-order valence-electron chi connectivity index (χ4n) is 3.52. The van der Waals surface area contributed by atoms with Crippen molar-refractivity contribution in [2.45, 2.75) is 116 Å². The fourth-order valence-corrected chi connectivity index (χ4v) is 3.52. The zero-order chi connectivity index (χ0) is 17.1. The predicted octanol–water partition coefficient (Wildman–Crippen LogP) is 8.11. The standard InChI is InChI=1S/C24H42.Na/c1-2-3-4-5-6-7-8-9-10-11-12-13-14-15-16-18-21-24-22-19-17-20-23-24;/h17,19-20,22-23H,2-16,18,21H2,1H3;. The van der Waals surface area contributed by atoms with E-state index in [0.29, 0.717) is 0 Å². The van der Waals surface area contributed by atoms with Crippen molar-refractivity contribution in [3.05, 3.63) is 35.9 Å². The molecule has 25 heavy (non-hydrogen) atoms. The molecule has 0 saturated heterocycles. The van der Waals surface area contributed by atoms with Crippen LogP contribution in [0.4, 0.5) is 0 Å². The van der Waals surface area contributed by atoms with Crippen LogP contribution in [-0.2, 0) is 6.42 Å². The minimum Gasteiger partial charge on any atom is -0.0654 e. The van der Waals surface area contributed by atoms with Crippen LogP contribution in [0, 0.1) is 0 Å². The second-order valence-corrected chi connectivity index (χ2v) is 7.54. The van der Waals surface area contributed by atoms with E-state index in [1.807, 2.05) is 0 Å². The van der Waals surface area contributed by atoms with E-state index in [0.717, 1.165) is 0 Å². The summed E-state index contributed by atoms with van der Waals surface area (Å²) in [4.78, 5) is 0. The van der Waals surface area contributed by atoms with E-state index in [1.54, 1.807) is 0 Å². The first-order valence-electron chi connectivity index (χ1n) is 11.0. The van der Waals surface area contributed by atoms with Crippen molar-refractivity contribution < 1.29 is 0 Å². The molecule has 1 heteroatoms. The summed E-state index contributed by atoms with van der Waals surface area (Å²) in [6.07, 6.45) is 24.4. The van der Waals surface area contributed by atoms with Gasteiger partial charge in [-0.2, -0.15) is 0 Å². The summed E-state index contributed by atoms with van der Waals surface area (Å²) in [5.74, 6) is 0. The summed E-state index contributed by atoms with van der Waals surface area (Å²) in [5, 5.41) is 0. The van der Waals surface area contributed by atoms with Crippen LogP contribution >= 0.6 is 0 Å². The van der Waals surface area contributed by atoms with Crippen molar-refractivity contribution in [3.63, 3.8) is 0 Å². The van der Waals surface area contributed by atoms with Crippen LogP contribution < -0.4 is 0 Å². The van der Waals surface area contributed by atoms with Gasteiger partial charge in [-0.1, -0.05) is 134 Å². The Morgan fingerprint density at radius 2 is 0.840 bits per heavy atom. The Morgan fingerprint density at radius 3 is 1.24 bits per heavy atom. The first-order chi connectivity index (χ1) is 11.9. The van der Waals surface area contributed by atoms with Crippen LogP contribution in [0.5, 0.6) is 0 Å². The third kappa shape index (κ3) is 17.4.